The second kappa shape index (κ2) is 12.3. The molecule has 0 aliphatic rings. The maximum absolute atomic E-state index is 11.3. The maximum Gasteiger partial charge on any atom is 0.209 e. The number of rotatable bonds is 10. The predicted molar refractivity (Wildman–Crippen MR) is 103 cm³/mol. The molecule has 0 rings (SSSR count). The van der Waals surface area contributed by atoms with Gasteiger partial charge in [-0.2, -0.15) is 0 Å². The van der Waals surface area contributed by atoms with Crippen molar-refractivity contribution in [2.24, 2.45) is 4.99 Å². The van der Waals surface area contributed by atoms with Gasteiger partial charge in [0.25, 0.3) is 0 Å². The smallest absolute Gasteiger partial charge is 0.209 e. The van der Waals surface area contributed by atoms with Gasteiger partial charge < -0.3 is 15.4 Å². The van der Waals surface area contributed by atoms with Crippen molar-refractivity contribution in [3.05, 3.63) is 0 Å². The fraction of sp³-hybridized carbons (Fsp3) is 0.923. The molecule has 0 heterocycles. The number of aliphatic imine (C=N–C) groups is 1. The van der Waals surface area contributed by atoms with E-state index in [0.717, 1.165) is 38.9 Å². The number of hydrogen-bond donors (Lipinski definition) is 3. The Kier molecular flexibility index (Phi) is 13.5. The van der Waals surface area contributed by atoms with E-state index in [0.29, 0.717) is 12.5 Å². The molecule has 0 unspecified atom stereocenters. The Balaban J connectivity index is 0. The molecule has 0 bridgehead atoms. The summed E-state index contributed by atoms with van der Waals surface area (Å²) in [5, 5.41) is 6.30. The molecule has 9 heteroatoms. The minimum atomic E-state index is -3.23. The molecule has 0 aromatic rings. The van der Waals surface area contributed by atoms with Gasteiger partial charge in [-0.15, -0.1) is 24.0 Å². The SMILES string of the molecule is CCOCCCCNC(=NC)NCC(C)(C)NS(C)(=O)=O.I. The third-order valence-corrected chi connectivity index (χ3v) is 3.52. The summed E-state index contributed by atoms with van der Waals surface area (Å²) in [6.07, 6.45) is 3.14. The largest absolute Gasteiger partial charge is 0.382 e. The van der Waals surface area contributed by atoms with Gasteiger partial charge in [-0.25, -0.2) is 13.1 Å². The molecule has 0 amide bonds. The number of nitrogens with one attached hydrogen (secondary N) is 3. The Hall–Kier alpha value is -0.130. The highest BCUT2D eigenvalue weighted by atomic mass is 127. The predicted octanol–water partition coefficient (Wildman–Crippen LogP) is 0.914. The van der Waals surface area contributed by atoms with Crippen LogP contribution in [0, 0.1) is 0 Å². The summed E-state index contributed by atoms with van der Waals surface area (Å²) >= 11 is 0. The highest BCUT2D eigenvalue weighted by Gasteiger charge is 2.22. The summed E-state index contributed by atoms with van der Waals surface area (Å²) in [4.78, 5) is 4.11. The van der Waals surface area contributed by atoms with Crippen molar-refractivity contribution >= 4 is 40.0 Å². The highest BCUT2D eigenvalue weighted by Crippen LogP contribution is 2.01. The van der Waals surface area contributed by atoms with E-state index in [1.165, 1.54) is 0 Å². The zero-order valence-electron chi connectivity index (χ0n) is 14.2. The second-order valence-corrected chi connectivity index (χ2v) is 7.26. The van der Waals surface area contributed by atoms with Gasteiger partial charge in [-0.3, -0.25) is 4.99 Å². The Morgan fingerprint density at radius 1 is 1.23 bits per heavy atom. The van der Waals surface area contributed by atoms with Gasteiger partial charge in [0.2, 0.25) is 10.0 Å². The minimum Gasteiger partial charge on any atom is -0.382 e. The quantitative estimate of drug-likeness (QED) is 0.199. The summed E-state index contributed by atoms with van der Waals surface area (Å²) in [5.41, 5.74) is -0.583. The highest BCUT2D eigenvalue weighted by molar-refractivity contribution is 14.0. The van der Waals surface area contributed by atoms with Gasteiger partial charge in [-0.1, -0.05) is 0 Å². The summed E-state index contributed by atoms with van der Waals surface area (Å²) in [6.45, 7) is 8.38. The van der Waals surface area contributed by atoms with E-state index in [4.69, 9.17) is 4.74 Å². The molecule has 3 N–H and O–H groups in total. The molecule has 0 saturated carbocycles. The lowest BCUT2D eigenvalue weighted by molar-refractivity contribution is 0.143. The number of guanidine groups is 1. The lowest BCUT2D eigenvalue weighted by Crippen LogP contribution is -2.53. The van der Waals surface area contributed by atoms with E-state index in [9.17, 15) is 8.42 Å². The van der Waals surface area contributed by atoms with Gasteiger partial charge in [0, 0.05) is 38.9 Å². The first kappa shape index (κ1) is 24.1. The second-order valence-electron chi connectivity index (χ2n) is 5.51. The molecule has 0 spiro atoms. The van der Waals surface area contributed by atoms with E-state index in [2.05, 4.69) is 20.3 Å². The van der Waals surface area contributed by atoms with Gasteiger partial charge in [0.15, 0.2) is 5.96 Å². The van der Waals surface area contributed by atoms with Gasteiger partial charge >= 0.3 is 0 Å². The normalized spacial score (nSPS) is 12.7. The summed E-state index contributed by atoms with van der Waals surface area (Å²) < 4.78 is 30.4. The Labute approximate surface area is 152 Å². The van der Waals surface area contributed by atoms with Crippen LogP contribution in [-0.2, 0) is 14.8 Å². The molecular formula is C13H31IN4O3S. The van der Waals surface area contributed by atoms with Crippen LogP contribution in [-0.4, -0.2) is 59.5 Å². The average molecular weight is 450 g/mol. The first-order valence-electron chi connectivity index (χ1n) is 7.21. The van der Waals surface area contributed by atoms with Crippen LogP contribution >= 0.6 is 24.0 Å². The van der Waals surface area contributed by atoms with E-state index in [-0.39, 0.29) is 24.0 Å². The first-order valence-corrected chi connectivity index (χ1v) is 9.10. The first-order chi connectivity index (χ1) is 9.70. The van der Waals surface area contributed by atoms with Gasteiger partial charge in [0.1, 0.15) is 0 Å². The number of ether oxygens (including phenoxy) is 1. The zero-order valence-corrected chi connectivity index (χ0v) is 17.4. The maximum atomic E-state index is 11.3. The third kappa shape index (κ3) is 14.8. The van der Waals surface area contributed by atoms with Crippen molar-refractivity contribution in [3.8, 4) is 0 Å². The molecule has 0 aliphatic heterocycles. The van der Waals surface area contributed by atoms with Crippen LogP contribution in [0.25, 0.3) is 0 Å². The summed E-state index contributed by atoms with van der Waals surface area (Å²) in [7, 11) is -1.54. The molecule has 0 aromatic carbocycles. The molecule has 0 aliphatic carbocycles. The van der Waals surface area contributed by atoms with Crippen molar-refractivity contribution in [2.75, 3.05) is 39.6 Å². The van der Waals surface area contributed by atoms with Crippen molar-refractivity contribution in [2.45, 2.75) is 39.2 Å². The average Bonchev–Trinajstić information content (AvgIpc) is 2.34. The molecule has 0 aromatic heterocycles. The Morgan fingerprint density at radius 3 is 2.36 bits per heavy atom. The van der Waals surface area contributed by atoms with Crippen molar-refractivity contribution in [1.29, 1.82) is 0 Å². The van der Waals surface area contributed by atoms with Crippen LogP contribution in [0.3, 0.4) is 0 Å². The van der Waals surface area contributed by atoms with Crippen LogP contribution < -0.4 is 15.4 Å². The van der Waals surface area contributed by atoms with Crippen molar-refractivity contribution in [1.82, 2.24) is 15.4 Å². The number of unbranched alkanes of at least 4 members (excludes halogenated alkanes) is 1. The minimum absolute atomic E-state index is 0. The van der Waals surface area contributed by atoms with Crippen LogP contribution in [0.4, 0.5) is 0 Å². The number of sulfonamides is 1. The van der Waals surface area contributed by atoms with Crippen LogP contribution in [0.15, 0.2) is 4.99 Å². The summed E-state index contributed by atoms with van der Waals surface area (Å²) in [6, 6.07) is 0. The van der Waals surface area contributed by atoms with Gasteiger partial charge in [-0.05, 0) is 33.6 Å². The number of nitrogens with zero attached hydrogens (tertiary/aromatic N) is 1. The van der Waals surface area contributed by atoms with E-state index >= 15 is 0 Å². The number of halogens is 1. The third-order valence-electron chi connectivity index (χ3n) is 2.60. The lowest BCUT2D eigenvalue weighted by atomic mass is 10.1. The number of hydrogen-bond acceptors (Lipinski definition) is 4. The monoisotopic (exact) mass is 450 g/mol. The van der Waals surface area contributed by atoms with Crippen LogP contribution in [0.2, 0.25) is 0 Å². The fourth-order valence-corrected chi connectivity index (χ4v) is 2.82. The van der Waals surface area contributed by atoms with Crippen molar-refractivity contribution in [3.63, 3.8) is 0 Å². The molecule has 0 fully saturated rings. The summed E-state index contributed by atoms with van der Waals surface area (Å²) in [5.74, 6) is 0.662. The lowest BCUT2D eigenvalue weighted by Gasteiger charge is -2.26. The molecule has 134 valence electrons. The molecule has 0 saturated heterocycles. The zero-order chi connectivity index (χ0) is 16.4. The van der Waals surface area contributed by atoms with Gasteiger partial charge in [0.05, 0.1) is 6.26 Å². The topological polar surface area (TPSA) is 91.8 Å². The van der Waals surface area contributed by atoms with Crippen LogP contribution in [0.5, 0.6) is 0 Å². The van der Waals surface area contributed by atoms with E-state index in [1.807, 2.05) is 20.8 Å². The molecule has 7 nitrogen and oxygen atoms in total. The van der Waals surface area contributed by atoms with Crippen molar-refractivity contribution < 1.29 is 13.2 Å². The van der Waals surface area contributed by atoms with E-state index < -0.39 is 15.6 Å². The Bertz CT molecular complexity index is 414. The molecule has 0 radical (unpaired) electrons. The van der Waals surface area contributed by atoms with E-state index in [1.54, 1.807) is 7.05 Å². The molecular weight excluding hydrogens is 419 g/mol. The standard InChI is InChI=1S/C13H30N4O3S.HI/c1-6-20-10-8-7-9-15-12(14-4)16-11-13(2,3)17-21(5,18)19;/h17H,6-11H2,1-5H3,(H2,14,15,16);1H. The molecule has 22 heavy (non-hydrogen) atoms. The van der Waals surface area contributed by atoms with Crippen LogP contribution in [0.1, 0.15) is 33.6 Å². The fourth-order valence-electron chi connectivity index (χ4n) is 1.74. The molecule has 0 atom stereocenters. The Morgan fingerprint density at radius 2 is 1.86 bits per heavy atom.